The van der Waals surface area contributed by atoms with Crippen LogP contribution in [0.4, 0.5) is 0 Å². The summed E-state index contributed by atoms with van der Waals surface area (Å²) >= 11 is 0. The molecule has 0 aromatic carbocycles. The fourth-order valence-corrected chi connectivity index (χ4v) is 0.265. The molecule has 0 amide bonds. The lowest BCUT2D eigenvalue weighted by Gasteiger charge is -1.80. The van der Waals surface area contributed by atoms with Crippen LogP contribution in [0, 0.1) is 0 Å². The largest absolute Gasteiger partial charge is 0.235 e. The number of allylic oxidation sites excluding steroid dienone is 1. The molecular weight excluding hydrogens is 102 g/mol. The summed E-state index contributed by atoms with van der Waals surface area (Å²) in [7, 11) is 0. The first kappa shape index (κ1) is 7.12. The van der Waals surface area contributed by atoms with E-state index in [1.807, 2.05) is 19.9 Å². The second kappa shape index (κ2) is 4.28. The fourth-order valence-electron chi connectivity index (χ4n) is 0.265. The molecule has 0 N–H and O–H groups in total. The number of hydrogen-bond acceptors (Lipinski definition) is 2. The minimum Gasteiger partial charge on any atom is -0.211 e. The molecule has 0 heterocycles. The first-order valence-electron chi connectivity index (χ1n) is 2.44. The summed E-state index contributed by atoms with van der Waals surface area (Å²) in [5, 5.41) is 0. The van der Waals surface area contributed by atoms with Gasteiger partial charge in [0, 0.05) is 0 Å². The molecule has 0 fully saturated rings. The summed E-state index contributed by atoms with van der Waals surface area (Å²) in [6, 6.07) is 0. The highest BCUT2D eigenvalue weighted by molar-refractivity contribution is 5.33. The normalized spacial score (nSPS) is 7.25. The molecule has 0 rings (SSSR count). The summed E-state index contributed by atoms with van der Waals surface area (Å²) in [5.74, 6) is 0. The molecule has 0 spiro atoms. The molecular formula is C6H9NO. The Morgan fingerprint density at radius 1 is 1.75 bits per heavy atom. The van der Waals surface area contributed by atoms with Gasteiger partial charge in [-0.2, -0.15) is 0 Å². The Kier molecular flexibility index (Phi) is 3.81. The van der Waals surface area contributed by atoms with Crippen LogP contribution < -0.4 is 0 Å². The van der Waals surface area contributed by atoms with E-state index < -0.39 is 0 Å². The van der Waals surface area contributed by atoms with Gasteiger partial charge in [-0.15, -0.1) is 0 Å². The van der Waals surface area contributed by atoms with Gasteiger partial charge in [0.05, 0.1) is 6.54 Å². The molecule has 0 radical (unpaired) electrons. The summed E-state index contributed by atoms with van der Waals surface area (Å²) in [5.41, 5.74) is 1.17. The van der Waals surface area contributed by atoms with Crippen LogP contribution >= 0.6 is 0 Å². The van der Waals surface area contributed by atoms with Crippen LogP contribution in [0.15, 0.2) is 16.6 Å². The first-order valence-corrected chi connectivity index (χ1v) is 2.44. The van der Waals surface area contributed by atoms with Crippen molar-refractivity contribution in [1.29, 1.82) is 0 Å². The number of carbonyl (C=O) groups excluding carboxylic acids is 1. The van der Waals surface area contributed by atoms with Crippen LogP contribution in [0.2, 0.25) is 0 Å². The number of aliphatic imine (C=N–C) groups is 1. The summed E-state index contributed by atoms with van der Waals surface area (Å²) in [6.45, 7) is 4.38. The Morgan fingerprint density at radius 3 is 2.75 bits per heavy atom. The zero-order valence-electron chi connectivity index (χ0n) is 5.14. The average Bonchev–Trinajstić information content (AvgIpc) is 1.66. The van der Waals surface area contributed by atoms with E-state index in [2.05, 4.69) is 4.99 Å². The molecule has 0 saturated heterocycles. The Morgan fingerprint density at radius 2 is 2.38 bits per heavy atom. The van der Waals surface area contributed by atoms with E-state index in [9.17, 15) is 4.79 Å². The van der Waals surface area contributed by atoms with Gasteiger partial charge in [-0.25, -0.2) is 9.79 Å². The Bertz CT molecular complexity index is 127. The van der Waals surface area contributed by atoms with Gasteiger partial charge in [-0.3, -0.25) is 0 Å². The molecule has 44 valence electrons. The van der Waals surface area contributed by atoms with Crippen molar-refractivity contribution in [2.24, 2.45) is 4.99 Å². The van der Waals surface area contributed by atoms with E-state index in [1.165, 1.54) is 11.7 Å². The fraction of sp³-hybridized carbons (Fsp3) is 0.500. The van der Waals surface area contributed by atoms with Crippen molar-refractivity contribution in [2.45, 2.75) is 13.8 Å². The molecule has 0 aromatic heterocycles. The summed E-state index contributed by atoms with van der Waals surface area (Å²) in [4.78, 5) is 12.8. The molecule has 0 bridgehead atoms. The van der Waals surface area contributed by atoms with Crippen LogP contribution in [-0.2, 0) is 4.79 Å². The van der Waals surface area contributed by atoms with Gasteiger partial charge in [0.25, 0.3) is 0 Å². The molecule has 0 atom stereocenters. The van der Waals surface area contributed by atoms with Crippen molar-refractivity contribution in [3.63, 3.8) is 0 Å². The van der Waals surface area contributed by atoms with Crippen LogP contribution in [-0.4, -0.2) is 12.6 Å². The number of hydrogen-bond donors (Lipinski definition) is 0. The Hall–Kier alpha value is -0.880. The van der Waals surface area contributed by atoms with E-state index in [4.69, 9.17) is 0 Å². The lowest BCUT2D eigenvalue weighted by Crippen LogP contribution is -1.71. The standard InChI is InChI=1S/C6H9NO/c1-6(2)3-4-7-5-8/h3H,4H2,1-2H3. The van der Waals surface area contributed by atoms with Crippen molar-refractivity contribution in [3.8, 4) is 0 Å². The molecule has 2 heteroatoms. The third-order valence-electron chi connectivity index (χ3n) is 0.655. The predicted octanol–water partition coefficient (Wildman–Crippen LogP) is 1.29. The highest BCUT2D eigenvalue weighted by Gasteiger charge is 1.72. The van der Waals surface area contributed by atoms with Gasteiger partial charge in [0.15, 0.2) is 0 Å². The van der Waals surface area contributed by atoms with E-state index >= 15 is 0 Å². The third-order valence-corrected chi connectivity index (χ3v) is 0.655. The van der Waals surface area contributed by atoms with Crippen molar-refractivity contribution in [3.05, 3.63) is 11.6 Å². The molecule has 0 aliphatic heterocycles. The quantitative estimate of drug-likeness (QED) is 0.300. The van der Waals surface area contributed by atoms with Gasteiger partial charge in [-0.05, 0) is 13.8 Å². The highest BCUT2D eigenvalue weighted by Crippen LogP contribution is 1.85. The van der Waals surface area contributed by atoms with Crippen molar-refractivity contribution >= 4 is 6.08 Å². The number of nitrogens with zero attached hydrogens (tertiary/aromatic N) is 1. The van der Waals surface area contributed by atoms with Gasteiger partial charge in [0.2, 0.25) is 6.08 Å². The second-order valence-corrected chi connectivity index (χ2v) is 1.71. The Balaban J connectivity index is 3.44. The highest BCUT2D eigenvalue weighted by atomic mass is 16.1. The van der Waals surface area contributed by atoms with Crippen molar-refractivity contribution in [1.82, 2.24) is 0 Å². The van der Waals surface area contributed by atoms with E-state index in [0.29, 0.717) is 6.54 Å². The smallest absolute Gasteiger partial charge is 0.211 e. The van der Waals surface area contributed by atoms with Crippen molar-refractivity contribution in [2.75, 3.05) is 6.54 Å². The number of rotatable bonds is 2. The third kappa shape index (κ3) is 5.12. The average molecular weight is 111 g/mol. The van der Waals surface area contributed by atoms with Crippen LogP contribution in [0.3, 0.4) is 0 Å². The molecule has 0 aromatic rings. The number of isocyanates is 1. The summed E-state index contributed by atoms with van der Waals surface area (Å²) in [6.07, 6.45) is 3.32. The van der Waals surface area contributed by atoms with E-state index in [0.717, 1.165) is 0 Å². The predicted molar refractivity (Wildman–Crippen MR) is 32.4 cm³/mol. The van der Waals surface area contributed by atoms with Crippen LogP contribution in [0.25, 0.3) is 0 Å². The van der Waals surface area contributed by atoms with Gasteiger partial charge in [0.1, 0.15) is 0 Å². The molecule has 2 nitrogen and oxygen atoms in total. The van der Waals surface area contributed by atoms with E-state index in [1.54, 1.807) is 0 Å². The van der Waals surface area contributed by atoms with Crippen LogP contribution in [0.1, 0.15) is 13.8 Å². The first-order chi connectivity index (χ1) is 3.77. The zero-order valence-corrected chi connectivity index (χ0v) is 5.14. The second-order valence-electron chi connectivity index (χ2n) is 1.71. The SMILES string of the molecule is CC(C)=CCN=C=O. The molecule has 0 saturated carbocycles. The molecule has 0 aliphatic carbocycles. The van der Waals surface area contributed by atoms with Crippen molar-refractivity contribution < 1.29 is 4.79 Å². The molecule has 0 aliphatic rings. The lowest BCUT2D eigenvalue weighted by atomic mass is 10.3. The molecule has 0 unspecified atom stereocenters. The lowest BCUT2D eigenvalue weighted by molar-refractivity contribution is 0.564. The minimum absolute atomic E-state index is 0.464. The zero-order chi connectivity index (χ0) is 6.41. The maximum atomic E-state index is 9.47. The van der Waals surface area contributed by atoms with Gasteiger partial charge >= 0.3 is 0 Å². The van der Waals surface area contributed by atoms with Crippen LogP contribution in [0.5, 0.6) is 0 Å². The van der Waals surface area contributed by atoms with Gasteiger partial charge in [-0.1, -0.05) is 11.6 Å². The monoisotopic (exact) mass is 111 g/mol. The maximum absolute atomic E-state index is 9.47. The maximum Gasteiger partial charge on any atom is 0.235 e. The van der Waals surface area contributed by atoms with E-state index in [-0.39, 0.29) is 0 Å². The summed E-state index contributed by atoms with van der Waals surface area (Å²) < 4.78 is 0. The Labute approximate surface area is 48.9 Å². The van der Waals surface area contributed by atoms with Gasteiger partial charge < -0.3 is 0 Å². The topological polar surface area (TPSA) is 29.4 Å². The molecule has 8 heavy (non-hydrogen) atoms. The minimum atomic E-state index is 0.464.